The molecule has 1 atom stereocenters. The van der Waals surface area contributed by atoms with Crippen molar-refractivity contribution in [2.75, 3.05) is 11.1 Å². The largest absolute Gasteiger partial charge is 0.382 e. The fraction of sp³-hybridized carbons (Fsp3) is 0.231. The van der Waals surface area contributed by atoms with Gasteiger partial charge in [0.15, 0.2) is 5.82 Å². The molecule has 19 heavy (non-hydrogen) atoms. The minimum Gasteiger partial charge on any atom is -0.382 e. The Kier molecular flexibility index (Phi) is 3.33. The molecule has 1 aromatic heterocycles. The molecule has 2 aromatic rings. The van der Waals surface area contributed by atoms with Crippen LogP contribution in [0.15, 0.2) is 29.0 Å². The third-order valence-corrected chi connectivity index (χ3v) is 4.46. The van der Waals surface area contributed by atoms with E-state index in [0.717, 1.165) is 17.3 Å². The number of hydrogen-bond acceptors (Lipinski definition) is 4. The van der Waals surface area contributed by atoms with Gasteiger partial charge in [-0.25, -0.2) is 9.97 Å². The molecule has 4 nitrogen and oxygen atoms in total. The van der Waals surface area contributed by atoms with E-state index >= 15 is 0 Å². The summed E-state index contributed by atoms with van der Waals surface area (Å²) in [5.74, 6) is 0.888. The monoisotopic (exact) mass is 338 g/mol. The molecule has 1 aliphatic carbocycles. The predicted octanol–water partition coefficient (Wildman–Crippen LogP) is 3.57. The molecule has 3 rings (SSSR count). The van der Waals surface area contributed by atoms with Gasteiger partial charge >= 0.3 is 0 Å². The van der Waals surface area contributed by atoms with Crippen molar-refractivity contribution in [3.63, 3.8) is 0 Å². The summed E-state index contributed by atoms with van der Waals surface area (Å²) < 4.78 is 1.16. The number of nitrogen functional groups attached to an aromatic ring is 1. The van der Waals surface area contributed by atoms with E-state index < -0.39 is 0 Å². The predicted molar refractivity (Wildman–Crippen MR) is 80.3 cm³/mol. The number of anilines is 2. The van der Waals surface area contributed by atoms with E-state index in [1.807, 2.05) is 6.07 Å². The minimum absolute atomic E-state index is 0.208. The number of hydrogen-bond donors (Lipinski definition) is 2. The molecule has 0 bridgehead atoms. The van der Waals surface area contributed by atoms with E-state index in [1.54, 1.807) is 0 Å². The van der Waals surface area contributed by atoms with E-state index in [0.29, 0.717) is 16.7 Å². The van der Waals surface area contributed by atoms with E-state index in [9.17, 15) is 0 Å². The van der Waals surface area contributed by atoms with Crippen LogP contribution in [-0.2, 0) is 6.42 Å². The first-order chi connectivity index (χ1) is 9.16. The summed E-state index contributed by atoms with van der Waals surface area (Å²) in [5, 5.41) is 3.73. The highest BCUT2D eigenvalue weighted by Gasteiger charge is 2.25. The van der Waals surface area contributed by atoms with Crippen molar-refractivity contribution in [3.8, 4) is 0 Å². The molecule has 0 amide bonds. The van der Waals surface area contributed by atoms with Crippen LogP contribution in [-0.4, -0.2) is 9.97 Å². The lowest BCUT2D eigenvalue weighted by Gasteiger charge is -2.16. The SMILES string of the molecule is Nc1ncnc(NC2CCc3c(Br)cccc32)c1Cl. The molecule has 6 heteroatoms. The molecule has 0 aliphatic heterocycles. The van der Waals surface area contributed by atoms with Gasteiger partial charge in [-0.15, -0.1) is 0 Å². The average Bonchev–Trinajstić information content (AvgIpc) is 2.80. The summed E-state index contributed by atoms with van der Waals surface area (Å²) in [7, 11) is 0. The Morgan fingerprint density at radius 2 is 2.21 bits per heavy atom. The van der Waals surface area contributed by atoms with Gasteiger partial charge in [-0.1, -0.05) is 39.7 Å². The first-order valence-corrected chi connectivity index (χ1v) is 7.13. The van der Waals surface area contributed by atoms with Crippen LogP contribution in [0.25, 0.3) is 0 Å². The Balaban J connectivity index is 1.91. The van der Waals surface area contributed by atoms with Gasteiger partial charge in [-0.05, 0) is 30.0 Å². The zero-order valence-corrected chi connectivity index (χ0v) is 12.4. The molecule has 98 valence electrons. The summed E-state index contributed by atoms with van der Waals surface area (Å²) in [6, 6.07) is 6.44. The molecule has 0 fully saturated rings. The van der Waals surface area contributed by atoms with Crippen LogP contribution in [0.2, 0.25) is 5.02 Å². The molecule has 0 radical (unpaired) electrons. The quantitative estimate of drug-likeness (QED) is 0.878. The number of nitrogens with one attached hydrogen (secondary N) is 1. The maximum atomic E-state index is 6.11. The van der Waals surface area contributed by atoms with Crippen LogP contribution in [0.3, 0.4) is 0 Å². The zero-order valence-electron chi connectivity index (χ0n) is 10.0. The maximum absolute atomic E-state index is 6.11. The number of benzene rings is 1. The van der Waals surface area contributed by atoms with Crippen molar-refractivity contribution in [3.05, 3.63) is 45.1 Å². The van der Waals surface area contributed by atoms with Gasteiger partial charge in [0.2, 0.25) is 0 Å². The van der Waals surface area contributed by atoms with E-state index in [4.69, 9.17) is 17.3 Å². The van der Waals surface area contributed by atoms with Crippen LogP contribution in [0.1, 0.15) is 23.6 Å². The second-order valence-corrected chi connectivity index (χ2v) is 5.70. The van der Waals surface area contributed by atoms with Crippen LogP contribution in [0.4, 0.5) is 11.6 Å². The molecular weight excluding hydrogens is 328 g/mol. The van der Waals surface area contributed by atoms with Gasteiger partial charge in [0.05, 0.1) is 6.04 Å². The highest BCUT2D eigenvalue weighted by Crippen LogP contribution is 2.38. The van der Waals surface area contributed by atoms with Gasteiger partial charge in [-0.2, -0.15) is 0 Å². The Bertz CT molecular complexity index is 632. The first-order valence-electron chi connectivity index (χ1n) is 5.96. The van der Waals surface area contributed by atoms with Gasteiger partial charge in [0, 0.05) is 4.47 Å². The highest BCUT2D eigenvalue weighted by molar-refractivity contribution is 9.10. The third kappa shape index (κ3) is 2.28. The van der Waals surface area contributed by atoms with Crippen LogP contribution >= 0.6 is 27.5 Å². The van der Waals surface area contributed by atoms with E-state index in [2.05, 4.69) is 43.3 Å². The second-order valence-electron chi connectivity index (χ2n) is 4.46. The van der Waals surface area contributed by atoms with Crippen molar-refractivity contribution in [2.45, 2.75) is 18.9 Å². The first kappa shape index (κ1) is 12.7. The van der Waals surface area contributed by atoms with E-state index in [-0.39, 0.29) is 6.04 Å². The lowest BCUT2D eigenvalue weighted by Crippen LogP contribution is -2.10. The highest BCUT2D eigenvalue weighted by atomic mass is 79.9. The summed E-state index contributed by atoms with van der Waals surface area (Å²) >= 11 is 9.70. The number of nitrogens with zero attached hydrogens (tertiary/aromatic N) is 2. The third-order valence-electron chi connectivity index (χ3n) is 3.34. The Morgan fingerprint density at radius 3 is 3.05 bits per heavy atom. The van der Waals surface area contributed by atoms with Gasteiger partial charge in [-0.3, -0.25) is 0 Å². The summed E-state index contributed by atoms with van der Waals surface area (Å²) in [4.78, 5) is 8.01. The van der Waals surface area contributed by atoms with Crippen molar-refractivity contribution >= 4 is 39.2 Å². The molecule has 1 aromatic carbocycles. The van der Waals surface area contributed by atoms with Gasteiger partial charge in [0.1, 0.15) is 17.2 Å². The van der Waals surface area contributed by atoms with E-state index in [1.165, 1.54) is 17.5 Å². The number of fused-ring (bicyclic) bond motifs is 1. The number of nitrogens with two attached hydrogens (primary N) is 1. The van der Waals surface area contributed by atoms with Crippen molar-refractivity contribution in [2.24, 2.45) is 0 Å². The molecule has 0 saturated heterocycles. The lowest BCUT2D eigenvalue weighted by atomic mass is 10.1. The fourth-order valence-corrected chi connectivity index (χ4v) is 3.14. The topological polar surface area (TPSA) is 63.8 Å². The Hall–Kier alpha value is -1.33. The summed E-state index contributed by atoms with van der Waals surface area (Å²) in [6.07, 6.45) is 3.46. The summed E-state index contributed by atoms with van der Waals surface area (Å²) in [6.45, 7) is 0. The fourth-order valence-electron chi connectivity index (χ4n) is 2.41. The van der Waals surface area contributed by atoms with Gasteiger partial charge in [0.25, 0.3) is 0 Å². The average molecular weight is 340 g/mol. The smallest absolute Gasteiger partial charge is 0.150 e. The zero-order chi connectivity index (χ0) is 13.4. The molecular formula is C13H12BrClN4. The Labute approximate surface area is 124 Å². The number of rotatable bonds is 2. The molecule has 3 N–H and O–H groups in total. The number of aromatic nitrogens is 2. The Morgan fingerprint density at radius 1 is 1.37 bits per heavy atom. The van der Waals surface area contributed by atoms with Crippen molar-refractivity contribution in [1.82, 2.24) is 9.97 Å². The summed E-state index contributed by atoms with van der Waals surface area (Å²) in [5.41, 5.74) is 8.31. The van der Waals surface area contributed by atoms with Crippen molar-refractivity contribution < 1.29 is 0 Å². The molecule has 1 aliphatic rings. The second kappa shape index (κ2) is 4.98. The van der Waals surface area contributed by atoms with Crippen LogP contribution in [0, 0.1) is 0 Å². The van der Waals surface area contributed by atoms with Crippen molar-refractivity contribution in [1.29, 1.82) is 0 Å². The maximum Gasteiger partial charge on any atom is 0.150 e. The molecule has 1 unspecified atom stereocenters. The van der Waals surface area contributed by atoms with Gasteiger partial charge < -0.3 is 11.1 Å². The molecule has 1 heterocycles. The number of halogens is 2. The normalized spacial score (nSPS) is 17.3. The minimum atomic E-state index is 0.208. The molecule has 0 saturated carbocycles. The molecule has 0 spiro atoms. The standard InChI is InChI=1S/C13H12BrClN4/c14-9-3-1-2-8-7(9)4-5-10(8)19-13-11(15)12(16)17-6-18-13/h1-3,6,10H,4-5H2,(H3,16,17,18,19). The lowest BCUT2D eigenvalue weighted by molar-refractivity contribution is 0.756. The van der Waals surface area contributed by atoms with Crippen LogP contribution < -0.4 is 11.1 Å². The van der Waals surface area contributed by atoms with Crippen LogP contribution in [0.5, 0.6) is 0 Å².